The van der Waals surface area contributed by atoms with Crippen molar-refractivity contribution in [1.82, 2.24) is 0 Å². The van der Waals surface area contributed by atoms with Gasteiger partial charge in [0.05, 0.1) is 0 Å². The molecule has 0 bridgehead atoms. The lowest BCUT2D eigenvalue weighted by atomic mass is 10.0. The van der Waals surface area contributed by atoms with E-state index in [1.54, 1.807) is 0 Å². The van der Waals surface area contributed by atoms with Crippen molar-refractivity contribution in [2.24, 2.45) is 5.92 Å². The maximum Gasteiger partial charge on any atom is -0.00675 e. The fraction of sp³-hybridized carbons (Fsp3) is 1.00. The van der Waals surface area contributed by atoms with Crippen LogP contribution >= 0.6 is 11.8 Å². The third-order valence-electron chi connectivity index (χ3n) is 8.71. The lowest BCUT2D eigenvalue weighted by Crippen LogP contribution is -1.88. The van der Waals surface area contributed by atoms with Gasteiger partial charge in [0, 0.05) is 0 Å². The van der Waals surface area contributed by atoms with Crippen LogP contribution in [0.4, 0.5) is 0 Å². The molecule has 0 spiro atoms. The van der Waals surface area contributed by atoms with Gasteiger partial charge in [-0.05, 0) is 30.3 Å². The first-order valence-corrected chi connectivity index (χ1v) is 20.0. The summed E-state index contributed by atoms with van der Waals surface area (Å²) in [6, 6.07) is 0. The standard InChI is InChI=1S/C38H78S/c1-4-5-6-7-8-9-10-11-12-13-14-15-18-21-24-27-30-33-36-39-37-34-31-28-25-22-19-16-17-20-23-26-29-32-35-38(2)3/h38H,4-37H2,1-3H3. The highest BCUT2D eigenvalue weighted by Gasteiger charge is 1.98. The number of unbranched alkanes of at least 4 members (excludes halogenated alkanes) is 29. The molecule has 0 rings (SSSR count). The molecule has 0 nitrogen and oxygen atoms in total. The fourth-order valence-corrected chi connectivity index (χ4v) is 6.93. The van der Waals surface area contributed by atoms with Crippen molar-refractivity contribution < 1.29 is 0 Å². The second kappa shape index (κ2) is 36.4. The molecule has 39 heavy (non-hydrogen) atoms. The van der Waals surface area contributed by atoms with Crippen molar-refractivity contribution in [3.8, 4) is 0 Å². The third-order valence-corrected chi connectivity index (χ3v) is 9.87. The molecule has 0 amide bonds. The maximum absolute atomic E-state index is 2.35. The molecule has 0 radical (unpaired) electrons. The summed E-state index contributed by atoms with van der Waals surface area (Å²) >= 11 is 2.23. The number of hydrogen-bond donors (Lipinski definition) is 0. The number of thioether (sulfide) groups is 1. The Balaban J connectivity index is 3.02. The summed E-state index contributed by atoms with van der Waals surface area (Å²) in [4.78, 5) is 0. The van der Waals surface area contributed by atoms with E-state index >= 15 is 0 Å². The first kappa shape index (κ1) is 39.4. The molecule has 0 aromatic carbocycles. The van der Waals surface area contributed by atoms with Crippen molar-refractivity contribution in [3.63, 3.8) is 0 Å². The summed E-state index contributed by atoms with van der Waals surface area (Å²) in [7, 11) is 0. The molecule has 0 heterocycles. The van der Waals surface area contributed by atoms with Crippen LogP contribution in [0.5, 0.6) is 0 Å². The molecule has 236 valence electrons. The van der Waals surface area contributed by atoms with E-state index in [1.807, 2.05) is 0 Å². The Hall–Kier alpha value is 0.350. The van der Waals surface area contributed by atoms with Gasteiger partial charge < -0.3 is 0 Å². The molecule has 0 saturated carbocycles. The lowest BCUT2D eigenvalue weighted by Gasteiger charge is -2.05. The van der Waals surface area contributed by atoms with Gasteiger partial charge in [-0.1, -0.05) is 213 Å². The van der Waals surface area contributed by atoms with Gasteiger partial charge in [-0.15, -0.1) is 0 Å². The first-order valence-electron chi connectivity index (χ1n) is 18.8. The minimum absolute atomic E-state index is 0.895. The molecular weight excluding hydrogens is 488 g/mol. The molecule has 1 heteroatoms. The van der Waals surface area contributed by atoms with E-state index in [9.17, 15) is 0 Å². The zero-order valence-electron chi connectivity index (χ0n) is 28.0. The van der Waals surface area contributed by atoms with Crippen molar-refractivity contribution in [2.75, 3.05) is 11.5 Å². The van der Waals surface area contributed by atoms with Crippen molar-refractivity contribution in [1.29, 1.82) is 0 Å². The molecule has 0 N–H and O–H groups in total. The first-order chi connectivity index (χ1) is 19.3. The Morgan fingerprint density at radius 1 is 0.308 bits per heavy atom. The van der Waals surface area contributed by atoms with Gasteiger partial charge >= 0.3 is 0 Å². The average molecular weight is 567 g/mol. The van der Waals surface area contributed by atoms with Gasteiger partial charge in [0.1, 0.15) is 0 Å². The van der Waals surface area contributed by atoms with E-state index < -0.39 is 0 Å². The van der Waals surface area contributed by atoms with E-state index in [4.69, 9.17) is 0 Å². The minimum Gasteiger partial charge on any atom is -0.162 e. The van der Waals surface area contributed by atoms with Crippen molar-refractivity contribution in [2.45, 2.75) is 226 Å². The van der Waals surface area contributed by atoms with Gasteiger partial charge in [0.2, 0.25) is 0 Å². The second-order valence-electron chi connectivity index (χ2n) is 13.4. The molecule has 0 aliphatic carbocycles. The maximum atomic E-state index is 2.35. The van der Waals surface area contributed by atoms with Gasteiger partial charge in [-0.25, -0.2) is 0 Å². The zero-order valence-corrected chi connectivity index (χ0v) is 28.8. The van der Waals surface area contributed by atoms with Crippen LogP contribution in [0.15, 0.2) is 0 Å². The highest BCUT2D eigenvalue weighted by atomic mass is 32.2. The molecule has 0 atom stereocenters. The van der Waals surface area contributed by atoms with Crippen LogP contribution in [0, 0.1) is 5.92 Å². The SMILES string of the molecule is CCCCCCCCCCCCCCCCCCCCSCCCCCCCCCCCCCCCC(C)C. The Bertz CT molecular complexity index is 404. The van der Waals surface area contributed by atoms with Crippen LogP contribution in [-0.2, 0) is 0 Å². The molecule has 0 fully saturated rings. The minimum atomic E-state index is 0.895. The number of rotatable bonds is 35. The van der Waals surface area contributed by atoms with E-state index in [-0.39, 0.29) is 0 Å². The quantitative estimate of drug-likeness (QED) is 0.0687. The number of hydrogen-bond acceptors (Lipinski definition) is 1. The monoisotopic (exact) mass is 567 g/mol. The van der Waals surface area contributed by atoms with Crippen LogP contribution < -0.4 is 0 Å². The van der Waals surface area contributed by atoms with Crippen LogP contribution in [0.1, 0.15) is 226 Å². The van der Waals surface area contributed by atoms with E-state index in [0.717, 1.165) is 5.92 Å². The summed E-state index contributed by atoms with van der Waals surface area (Å²) in [5, 5.41) is 0. The van der Waals surface area contributed by atoms with Crippen LogP contribution in [0.25, 0.3) is 0 Å². The Labute approximate surface area is 254 Å². The van der Waals surface area contributed by atoms with Gasteiger partial charge in [-0.3, -0.25) is 0 Å². The highest BCUT2D eigenvalue weighted by Crippen LogP contribution is 2.17. The third kappa shape index (κ3) is 38.4. The Morgan fingerprint density at radius 2 is 0.538 bits per heavy atom. The molecule has 0 unspecified atom stereocenters. The predicted octanol–water partition coefficient (Wildman–Crippen LogP) is 14.9. The van der Waals surface area contributed by atoms with Crippen LogP contribution in [-0.4, -0.2) is 11.5 Å². The normalized spacial score (nSPS) is 11.7. The van der Waals surface area contributed by atoms with Gasteiger partial charge in [-0.2, -0.15) is 11.8 Å². The molecule has 0 aliphatic heterocycles. The summed E-state index contributed by atoms with van der Waals surface area (Å²) < 4.78 is 0. The predicted molar refractivity (Wildman–Crippen MR) is 186 cm³/mol. The summed E-state index contributed by atoms with van der Waals surface area (Å²) in [6.45, 7) is 7.01. The van der Waals surface area contributed by atoms with Crippen molar-refractivity contribution >= 4 is 11.8 Å². The largest absolute Gasteiger partial charge is 0.162 e. The van der Waals surface area contributed by atoms with E-state index in [0.29, 0.717) is 0 Å². The smallest absolute Gasteiger partial charge is 0.00675 e. The highest BCUT2D eigenvalue weighted by molar-refractivity contribution is 7.99. The molecule has 0 aliphatic rings. The Kier molecular flexibility index (Phi) is 36.7. The lowest BCUT2D eigenvalue weighted by molar-refractivity contribution is 0.503. The average Bonchev–Trinajstić information content (AvgIpc) is 2.93. The van der Waals surface area contributed by atoms with E-state index in [1.165, 1.54) is 217 Å². The zero-order chi connectivity index (χ0) is 28.3. The van der Waals surface area contributed by atoms with Crippen LogP contribution in [0.3, 0.4) is 0 Å². The van der Waals surface area contributed by atoms with E-state index in [2.05, 4.69) is 32.5 Å². The van der Waals surface area contributed by atoms with Gasteiger partial charge in [0.25, 0.3) is 0 Å². The van der Waals surface area contributed by atoms with Crippen LogP contribution in [0.2, 0.25) is 0 Å². The molecular formula is C38H78S. The summed E-state index contributed by atoms with van der Waals surface area (Å²) in [6.07, 6.45) is 47.2. The van der Waals surface area contributed by atoms with Gasteiger partial charge in [0.15, 0.2) is 0 Å². The second-order valence-corrected chi connectivity index (χ2v) is 14.6. The Morgan fingerprint density at radius 3 is 0.795 bits per heavy atom. The molecule has 0 saturated heterocycles. The summed E-state index contributed by atoms with van der Waals surface area (Å²) in [5.41, 5.74) is 0. The molecule has 0 aromatic heterocycles. The molecule has 0 aromatic rings. The summed E-state index contributed by atoms with van der Waals surface area (Å²) in [5.74, 6) is 3.72. The topological polar surface area (TPSA) is 0 Å². The van der Waals surface area contributed by atoms with Crippen molar-refractivity contribution in [3.05, 3.63) is 0 Å². The fourth-order valence-electron chi connectivity index (χ4n) is 5.91.